The van der Waals surface area contributed by atoms with Gasteiger partial charge in [-0.25, -0.2) is 4.68 Å². The first-order valence-electron chi connectivity index (χ1n) is 8.02. The van der Waals surface area contributed by atoms with Gasteiger partial charge >= 0.3 is 0 Å². The van der Waals surface area contributed by atoms with E-state index in [1.807, 2.05) is 36.5 Å². The summed E-state index contributed by atoms with van der Waals surface area (Å²) < 4.78 is 1.75. The quantitative estimate of drug-likeness (QED) is 0.681. The molecule has 0 saturated heterocycles. The van der Waals surface area contributed by atoms with Crippen LogP contribution in [0.3, 0.4) is 0 Å². The van der Waals surface area contributed by atoms with E-state index < -0.39 is 5.91 Å². The number of benzene rings is 2. The largest absolute Gasteiger partial charge is 0.366 e. The molecule has 0 bridgehead atoms. The molecule has 1 amide bonds. The Morgan fingerprint density at radius 2 is 1.96 bits per heavy atom. The minimum atomic E-state index is -0.476. The van der Waals surface area contributed by atoms with Crippen molar-refractivity contribution < 1.29 is 4.79 Å². The number of hydrogen-bond donors (Lipinski definition) is 2. The van der Waals surface area contributed by atoms with E-state index in [0.29, 0.717) is 17.5 Å². The zero-order chi connectivity index (χ0) is 17.1. The van der Waals surface area contributed by atoms with E-state index in [4.69, 9.17) is 11.1 Å². The smallest absolute Gasteiger partial charge is 0.250 e. The Kier molecular flexibility index (Phi) is 4.42. The van der Waals surface area contributed by atoms with E-state index >= 15 is 0 Å². The molecule has 0 unspecified atom stereocenters. The van der Waals surface area contributed by atoms with Crippen LogP contribution < -0.4 is 5.73 Å². The first-order valence-corrected chi connectivity index (χ1v) is 8.02. The fraction of sp³-hybridized carbons (Fsp3) is 0.211. The molecule has 3 N–H and O–H groups in total. The molecule has 0 fully saturated rings. The zero-order valence-electron chi connectivity index (χ0n) is 13.6. The molecule has 0 spiro atoms. The number of fused-ring (bicyclic) bond motifs is 1. The normalized spacial score (nSPS) is 10.9. The Balaban J connectivity index is 1.89. The predicted octanol–water partition coefficient (Wildman–Crippen LogP) is 3.49. The van der Waals surface area contributed by atoms with Crippen LogP contribution in [0.25, 0.3) is 16.6 Å². The van der Waals surface area contributed by atoms with Gasteiger partial charge in [0.15, 0.2) is 0 Å². The third-order valence-corrected chi connectivity index (χ3v) is 3.97. The zero-order valence-corrected chi connectivity index (χ0v) is 13.6. The molecule has 0 radical (unpaired) electrons. The van der Waals surface area contributed by atoms with Crippen molar-refractivity contribution in [2.75, 3.05) is 0 Å². The maximum absolute atomic E-state index is 11.5. The van der Waals surface area contributed by atoms with Crippen molar-refractivity contribution in [2.24, 2.45) is 5.73 Å². The Morgan fingerprint density at radius 3 is 2.62 bits per heavy atom. The second kappa shape index (κ2) is 6.66. The molecule has 0 aliphatic rings. The van der Waals surface area contributed by atoms with Gasteiger partial charge in [-0.15, -0.1) is 0 Å². The van der Waals surface area contributed by atoms with Gasteiger partial charge < -0.3 is 11.1 Å². The summed E-state index contributed by atoms with van der Waals surface area (Å²) in [5.41, 5.74) is 9.23. The number of carbonyl (C=O) groups is 1. The molecule has 1 aromatic heterocycles. The highest BCUT2D eigenvalue weighted by molar-refractivity contribution is 6.04. The fourth-order valence-electron chi connectivity index (χ4n) is 2.78. The van der Waals surface area contributed by atoms with E-state index in [1.54, 1.807) is 16.8 Å². The van der Waals surface area contributed by atoms with Gasteiger partial charge in [0.25, 0.3) is 5.91 Å². The van der Waals surface area contributed by atoms with Crippen LogP contribution in [-0.2, 0) is 6.42 Å². The molecule has 122 valence electrons. The van der Waals surface area contributed by atoms with Gasteiger partial charge in [-0.05, 0) is 30.2 Å². The average molecular weight is 320 g/mol. The van der Waals surface area contributed by atoms with Crippen molar-refractivity contribution in [1.82, 2.24) is 9.78 Å². The maximum atomic E-state index is 11.5. The highest BCUT2D eigenvalue weighted by Gasteiger charge is 2.11. The van der Waals surface area contributed by atoms with Gasteiger partial charge in [-0.1, -0.05) is 37.6 Å². The highest BCUT2D eigenvalue weighted by atomic mass is 16.1. The van der Waals surface area contributed by atoms with E-state index in [2.05, 4.69) is 12.0 Å². The van der Waals surface area contributed by atoms with Crippen molar-refractivity contribution in [3.8, 4) is 5.69 Å². The van der Waals surface area contributed by atoms with Crippen LogP contribution in [0.1, 0.15) is 35.7 Å². The molecule has 3 aromatic rings. The van der Waals surface area contributed by atoms with Crippen LogP contribution in [0.4, 0.5) is 0 Å². The third kappa shape index (κ3) is 3.20. The Morgan fingerprint density at radius 1 is 1.21 bits per heavy atom. The molecule has 2 aromatic carbocycles. The molecule has 0 aliphatic heterocycles. The lowest BCUT2D eigenvalue weighted by molar-refractivity contribution is 0.100. The standard InChI is InChI=1S/C19H20N4O/c1-2-4-15(20)11-13-7-9-16(10-8-13)23-12-14-5-3-6-17(19(21)24)18(14)22-23/h3,5-10,12,20H,2,4,11H2,1H3,(H2,21,24). The number of aromatic nitrogens is 2. The first kappa shape index (κ1) is 15.9. The summed E-state index contributed by atoms with van der Waals surface area (Å²) in [4.78, 5) is 11.5. The molecule has 0 aliphatic carbocycles. The SMILES string of the molecule is CCCC(=N)Cc1ccc(-n2cc3cccc(C(N)=O)c3n2)cc1. The average Bonchev–Trinajstić information content (AvgIpc) is 2.99. The monoisotopic (exact) mass is 320 g/mol. The number of nitrogens with one attached hydrogen (secondary N) is 1. The van der Waals surface area contributed by atoms with Crippen LogP contribution in [0.15, 0.2) is 48.7 Å². The summed E-state index contributed by atoms with van der Waals surface area (Å²) in [5.74, 6) is -0.476. The number of primary amides is 1. The van der Waals surface area contributed by atoms with Gasteiger partial charge in [0.1, 0.15) is 5.52 Å². The summed E-state index contributed by atoms with van der Waals surface area (Å²) in [6.07, 6.45) is 4.40. The lowest BCUT2D eigenvalue weighted by atomic mass is 10.1. The summed E-state index contributed by atoms with van der Waals surface area (Å²) >= 11 is 0. The van der Waals surface area contributed by atoms with Crippen molar-refractivity contribution in [3.05, 3.63) is 59.8 Å². The van der Waals surface area contributed by atoms with E-state index in [1.165, 1.54) is 0 Å². The summed E-state index contributed by atoms with van der Waals surface area (Å²) in [7, 11) is 0. The molecule has 24 heavy (non-hydrogen) atoms. The lowest BCUT2D eigenvalue weighted by Gasteiger charge is -2.05. The van der Waals surface area contributed by atoms with Crippen LogP contribution >= 0.6 is 0 Å². The summed E-state index contributed by atoms with van der Waals surface area (Å²) in [5, 5.41) is 13.3. The number of amides is 1. The lowest BCUT2D eigenvalue weighted by Crippen LogP contribution is -2.11. The molecule has 3 rings (SSSR count). The van der Waals surface area contributed by atoms with Crippen LogP contribution in [0.2, 0.25) is 0 Å². The Hall–Kier alpha value is -2.95. The second-order valence-electron chi connectivity index (χ2n) is 5.88. The van der Waals surface area contributed by atoms with Crippen LogP contribution in [0.5, 0.6) is 0 Å². The molecular weight excluding hydrogens is 300 g/mol. The Labute approximate surface area is 140 Å². The molecule has 1 heterocycles. The number of rotatable bonds is 6. The van der Waals surface area contributed by atoms with E-state index in [9.17, 15) is 4.79 Å². The van der Waals surface area contributed by atoms with Crippen molar-refractivity contribution in [2.45, 2.75) is 26.2 Å². The minimum Gasteiger partial charge on any atom is -0.366 e. The first-order chi connectivity index (χ1) is 11.6. The van der Waals surface area contributed by atoms with Gasteiger partial charge in [0.2, 0.25) is 0 Å². The number of carbonyl (C=O) groups excluding carboxylic acids is 1. The van der Waals surface area contributed by atoms with Gasteiger partial charge in [0.05, 0.1) is 11.3 Å². The van der Waals surface area contributed by atoms with Gasteiger partial charge in [-0.3, -0.25) is 4.79 Å². The molecule has 5 heteroatoms. The maximum Gasteiger partial charge on any atom is 0.250 e. The van der Waals surface area contributed by atoms with Crippen molar-refractivity contribution in [1.29, 1.82) is 5.41 Å². The van der Waals surface area contributed by atoms with Crippen LogP contribution in [-0.4, -0.2) is 21.4 Å². The fourth-order valence-corrected chi connectivity index (χ4v) is 2.78. The minimum absolute atomic E-state index is 0.427. The van der Waals surface area contributed by atoms with E-state index in [0.717, 1.165) is 35.2 Å². The Bertz CT molecular complexity index is 893. The summed E-state index contributed by atoms with van der Waals surface area (Å²) in [6.45, 7) is 2.08. The van der Waals surface area contributed by atoms with Crippen LogP contribution in [0, 0.1) is 5.41 Å². The third-order valence-electron chi connectivity index (χ3n) is 3.97. The number of nitrogens with two attached hydrogens (primary N) is 1. The molecule has 0 saturated carbocycles. The summed E-state index contributed by atoms with van der Waals surface area (Å²) in [6, 6.07) is 13.4. The van der Waals surface area contributed by atoms with Crippen molar-refractivity contribution in [3.63, 3.8) is 0 Å². The van der Waals surface area contributed by atoms with E-state index in [-0.39, 0.29) is 0 Å². The van der Waals surface area contributed by atoms with Gasteiger partial charge in [-0.2, -0.15) is 5.10 Å². The number of hydrogen-bond acceptors (Lipinski definition) is 3. The second-order valence-corrected chi connectivity index (χ2v) is 5.88. The predicted molar refractivity (Wildman–Crippen MR) is 95.9 cm³/mol. The molecule has 0 atom stereocenters. The van der Waals surface area contributed by atoms with Gasteiger partial charge in [0, 0.05) is 23.7 Å². The topological polar surface area (TPSA) is 84.8 Å². The molecule has 5 nitrogen and oxygen atoms in total. The highest BCUT2D eigenvalue weighted by Crippen LogP contribution is 2.19. The number of nitrogens with zero attached hydrogens (tertiary/aromatic N) is 2. The van der Waals surface area contributed by atoms with Crippen molar-refractivity contribution >= 4 is 22.5 Å². The molecular formula is C19H20N4O.